The summed E-state index contributed by atoms with van der Waals surface area (Å²) in [5.74, 6) is -0.912. The lowest BCUT2D eigenvalue weighted by Gasteiger charge is -2.19. The van der Waals surface area contributed by atoms with E-state index in [-0.39, 0.29) is 11.3 Å². The molecule has 1 aliphatic rings. The summed E-state index contributed by atoms with van der Waals surface area (Å²) in [6.45, 7) is 0.180. The number of rotatable bonds is 4. The summed E-state index contributed by atoms with van der Waals surface area (Å²) < 4.78 is 15.5. The molecule has 0 saturated carbocycles. The van der Waals surface area contributed by atoms with E-state index in [2.05, 4.69) is 5.32 Å². The summed E-state index contributed by atoms with van der Waals surface area (Å²) >= 11 is 0. The number of hydrogen-bond acceptors (Lipinski definition) is 7. The van der Waals surface area contributed by atoms with Gasteiger partial charge < -0.3 is 24.6 Å². The number of phenolic OH excluding ortho intramolecular Hbond substituents is 1. The second kappa shape index (κ2) is 8.09. The van der Waals surface area contributed by atoms with E-state index in [1.54, 1.807) is 24.3 Å². The van der Waals surface area contributed by atoms with Gasteiger partial charge >= 0.3 is 12.0 Å². The number of carbonyl (C=O) groups excluding carboxylic acids is 3. The highest BCUT2D eigenvalue weighted by molar-refractivity contribution is 6.02. The van der Waals surface area contributed by atoms with E-state index >= 15 is 0 Å². The molecule has 3 rings (SSSR count). The quantitative estimate of drug-likeness (QED) is 0.698. The average Bonchev–Trinajstić information content (AvgIpc) is 2.66. The number of esters is 1. The standard InChI is InChI=1S/C18H16N2O7/c21-13-4-2-1-3-12(13)17(23)27-10-16(22)20-18(24)19-11-5-6-14-15(9-11)26-8-7-25-14/h1-6,9,21H,7-8,10H2,(H2,19,20,22,24). The Hall–Kier alpha value is -3.75. The minimum absolute atomic E-state index is 0.0778. The van der Waals surface area contributed by atoms with Crippen LogP contribution in [0, 0.1) is 0 Å². The van der Waals surface area contributed by atoms with Crippen molar-refractivity contribution in [3.05, 3.63) is 48.0 Å². The van der Waals surface area contributed by atoms with Gasteiger partial charge in [-0.05, 0) is 24.3 Å². The summed E-state index contributed by atoms with van der Waals surface area (Å²) in [5, 5.41) is 14.0. The summed E-state index contributed by atoms with van der Waals surface area (Å²) in [4.78, 5) is 35.4. The van der Waals surface area contributed by atoms with Gasteiger partial charge in [-0.15, -0.1) is 0 Å². The van der Waals surface area contributed by atoms with Gasteiger partial charge in [-0.2, -0.15) is 0 Å². The van der Waals surface area contributed by atoms with Gasteiger partial charge in [0.2, 0.25) is 0 Å². The lowest BCUT2D eigenvalue weighted by molar-refractivity contribution is -0.123. The molecule has 0 fully saturated rings. The Balaban J connectivity index is 1.48. The van der Waals surface area contributed by atoms with Crippen molar-refractivity contribution in [3.63, 3.8) is 0 Å². The maximum Gasteiger partial charge on any atom is 0.342 e. The van der Waals surface area contributed by atoms with E-state index in [1.165, 1.54) is 18.2 Å². The number of fused-ring (bicyclic) bond motifs is 1. The monoisotopic (exact) mass is 372 g/mol. The molecule has 0 radical (unpaired) electrons. The highest BCUT2D eigenvalue weighted by Crippen LogP contribution is 2.32. The first kappa shape index (κ1) is 18.1. The van der Waals surface area contributed by atoms with Gasteiger partial charge in [0.15, 0.2) is 18.1 Å². The van der Waals surface area contributed by atoms with Crippen molar-refractivity contribution in [1.29, 1.82) is 0 Å². The van der Waals surface area contributed by atoms with Crippen molar-refractivity contribution in [1.82, 2.24) is 5.32 Å². The number of imide groups is 1. The summed E-state index contributed by atoms with van der Waals surface area (Å²) in [7, 11) is 0. The van der Waals surface area contributed by atoms with Crippen LogP contribution < -0.4 is 20.1 Å². The predicted molar refractivity (Wildman–Crippen MR) is 93.0 cm³/mol. The van der Waals surface area contributed by atoms with Crippen LogP contribution in [0.5, 0.6) is 17.2 Å². The third kappa shape index (κ3) is 4.66. The minimum Gasteiger partial charge on any atom is -0.507 e. The summed E-state index contributed by atoms with van der Waals surface area (Å²) in [6, 6.07) is 9.75. The molecule has 0 bridgehead atoms. The molecule has 9 heteroatoms. The number of aromatic hydroxyl groups is 1. The molecule has 140 valence electrons. The number of anilines is 1. The van der Waals surface area contributed by atoms with Crippen LogP contribution in [-0.2, 0) is 9.53 Å². The van der Waals surface area contributed by atoms with Crippen LogP contribution in [0.1, 0.15) is 10.4 Å². The summed E-state index contributed by atoms with van der Waals surface area (Å²) in [5.41, 5.74) is 0.321. The number of amides is 3. The van der Waals surface area contributed by atoms with E-state index in [9.17, 15) is 19.5 Å². The number of ether oxygens (including phenoxy) is 3. The lowest BCUT2D eigenvalue weighted by Crippen LogP contribution is -2.37. The second-order valence-electron chi connectivity index (χ2n) is 5.45. The normalized spacial score (nSPS) is 12.0. The average molecular weight is 372 g/mol. The molecule has 3 amide bonds. The zero-order valence-electron chi connectivity index (χ0n) is 14.1. The van der Waals surface area contributed by atoms with E-state index in [0.29, 0.717) is 30.4 Å². The van der Waals surface area contributed by atoms with Crippen LogP contribution >= 0.6 is 0 Å². The van der Waals surface area contributed by atoms with Crippen molar-refractivity contribution >= 4 is 23.6 Å². The largest absolute Gasteiger partial charge is 0.507 e. The molecule has 0 atom stereocenters. The van der Waals surface area contributed by atoms with Crippen molar-refractivity contribution in [3.8, 4) is 17.2 Å². The van der Waals surface area contributed by atoms with E-state index in [0.717, 1.165) is 0 Å². The molecular formula is C18H16N2O7. The van der Waals surface area contributed by atoms with Crippen LogP contribution in [0.15, 0.2) is 42.5 Å². The number of phenols is 1. The topological polar surface area (TPSA) is 123 Å². The van der Waals surface area contributed by atoms with Gasteiger partial charge in [-0.25, -0.2) is 9.59 Å². The molecule has 0 unspecified atom stereocenters. The van der Waals surface area contributed by atoms with Gasteiger partial charge in [0, 0.05) is 11.8 Å². The van der Waals surface area contributed by atoms with Crippen molar-refractivity contribution in [2.45, 2.75) is 0 Å². The molecule has 0 aliphatic carbocycles. The van der Waals surface area contributed by atoms with E-state index in [1.807, 2.05) is 5.32 Å². The Morgan fingerprint density at radius 2 is 1.78 bits per heavy atom. The van der Waals surface area contributed by atoms with Gasteiger partial charge in [0.05, 0.1) is 0 Å². The fraction of sp³-hybridized carbons (Fsp3) is 0.167. The molecule has 2 aromatic rings. The van der Waals surface area contributed by atoms with Crippen LogP contribution in [-0.4, -0.2) is 42.8 Å². The molecular weight excluding hydrogens is 356 g/mol. The lowest BCUT2D eigenvalue weighted by atomic mass is 10.2. The van der Waals surface area contributed by atoms with Gasteiger partial charge in [0.1, 0.15) is 24.5 Å². The third-order valence-corrected chi connectivity index (χ3v) is 3.51. The minimum atomic E-state index is -0.879. The smallest absolute Gasteiger partial charge is 0.342 e. The Morgan fingerprint density at radius 3 is 2.56 bits per heavy atom. The predicted octanol–water partition coefficient (Wildman–Crippen LogP) is 1.67. The first-order valence-electron chi connectivity index (χ1n) is 7.98. The molecule has 3 N–H and O–H groups in total. The fourth-order valence-corrected chi connectivity index (χ4v) is 2.30. The second-order valence-corrected chi connectivity index (χ2v) is 5.45. The molecule has 1 heterocycles. The van der Waals surface area contributed by atoms with Gasteiger partial charge in [0.25, 0.3) is 5.91 Å². The molecule has 27 heavy (non-hydrogen) atoms. The van der Waals surface area contributed by atoms with Crippen molar-refractivity contribution < 1.29 is 33.7 Å². The number of urea groups is 1. The Kier molecular flexibility index (Phi) is 5.41. The first-order valence-corrected chi connectivity index (χ1v) is 7.98. The van der Waals surface area contributed by atoms with Crippen LogP contribution in [0.25, 0.3) is 0 Å². The number of benzene rings is 2. The Morgan fingerprint density at radius 1 is 1.04 bits per heavy atom. The maximum atomic E-state index is 11.9. The Bertz CT molecular complexity index is 882. The fourth-order valence-electron chi connectivity index (χ4n) is 2.30. The molecule has 1 aliphatic heterocycles. The summed E-state index contributed by atoms with van der Waals surface area (Å²) in [6.07, 6.45) is 0. The first-order chi connectivity index (χ1) is 13.0. The highest BCUT2D eigenvalue weighted by atomic mass is 16.6. The molecule has 9 nitrogen and oxygen atoms in total. The third-order valence-electron chi connectivity index (χ3n) is 3.51. The Labute approximate surface area is 153 Å². The number of carbonyl (C=O) groups is 3. The van der Waals surface area contributed by atoms with Crippen molar-refractivity contribution in [2.24, 2.45) is 0 Å². The molecule has 0 aromatic heterocycles. The van der Waals surface area contributed by atoms with Crippen LogP contribution in [0.2, 0.25) is 0 Å². The van der Waals surface area contributed by atoms with Crippen molar-refractivity contribution in [2.75, 3.05) is 25.1 Å². The van der Waals surface area contributed by atoms with Gasteiger partial charge in [-0.3, -0.25) is 10.1 Å². The zero-order chi connectivity index (χ0) is 19.2. The SMILES string of the molecule is O=C(COC(=O)c1ccccc1O)NC(=O)Nc1ccc2c(c1)OCCO2. The molecule has 0 saturated heterocycles. The number of para-hydroxylation sites is 1. The maximum absolute atomic E-state index is 11.9. The number of hydrogen-bond donors (Lipinski definition) is 3. The number of nitrogens with one attached hydrogen (secondary N) is 2. The van der Waals surface area contributed by atoms with Gasteiger partial charge in [-0.1, -0.05) is 12.1 Å². The molecule has 0 spiro atoms. The molecule has 2 aromatic carbocycles. The van der Waals surface area contributed by atoms with Crippen LogP contribution in [0.3, 0.4) is 0 Å². The van der Waals surface area contributed by atoms with E-state index in [4.69, 9.17) is 14.2 Å². The zero-order valence-corrected chi connectivity index (χ0v) is 14.1. The van der Waals surface area contributed by atoms with Crippen LogP contribution in [0.4, 0.5) is 10.5 Å². The van der Waals surface area contributed by atoms with E-state index < -0.39 is 24.5 Å². The highest BCUT2D eigenvalue weighted by Gasteiger charge is 2.16.